The molecule has 25 heavy (non-hydrogen) atoms. The van der Waals surface area contributed by atoms with Crippen LogP contribution in [0.2, 0.25) is 5.02 Å². The van der Waals surface area contributed by atoms with Crippen molar-refractivity contribution in [2.24, 2.45) is 0 Å². The van der Waals surface area contributed by atoms with Crippen LogP contribution in [0.25, 0.3) is 0 Å². The van der Waals surface area contributed by atoms with E-state index in [9.17, 15) is 4.79 Å². The van der Waals surface area contributed by atoms with Gasteiger partial charge in [0.2, 0.25) is 0 Å². The van der Waals surface area contributed by atoms with E-state index in [1.165, 1.54) is 0 Å². The first-order valence-electron chi connectivity index (χ1n) is 8.18. The molecule has 1 heterocycles. The van der Waals surface area contributed by atoms with Crippen molar-refractivity contribution in [2.45, 2.75) is 6.54 Å². The summed E-state index contributed by atoms with van der Waals surface area (Å²) in [5, 5.41) is 12.6. The van der Waals surface area contributed by atoms with Crippen LogP contribution in [0.3, 0.4) is 0 Å². The van der Waals surface area contributed by atoms with Gasteiger partial charge in [-0.05, 0) is 29.8 Å². The van der Waals surface area contributed by atoms with Gasteiger partial charge in [0, 0.05) is 43.4 Å². The van der Waals surface area contributed by atoms with E-state index in [0.29, 0.717) is 30.2 Å². The van der Waals surface area contributed by atoms with Crippen LogP contribution in [0.1, 0.15) is 11.1 Å². The van der Waals surface area contributed by atoms with Crippen molar-refractivity contribution in [1.82, 2.24) is 10.2 Å². The van der Waals surface area contributed by atoms with Crippen LogP contribution in [0, 0.1) is 11.3 Å². The normalized spacial score (nSPS) is 14.1. The van der Waals surface area contributed by atoms with E-state index < -0.39 is 0 Å². The minimum atomic E-state index is -0.0784. The Hall–Kier alpha value is -2.71. The molecular formula is C19H19ClN4O. The third-order valence-corrected chi connectivity index (χ3v) is 4.66. The average molecular weight is 355 g/mol. The summed E-state index contributed by atoms with van der Waals surface area (Å²) in [6.07, 6.45) is 0. The van der Waals surface area contributed by atoms with Crippen LogP contribution in [0.15, 0.2) is 48.5 Å². The highest BCUT2D eigenvalue weighted by Gasteiger charge is 2.21. The third-order valence-electron chi connectivity index (χ3n) is 4.30. The third kappa shape index (κ3) is 4.23. The molecule has 0 aromatic heterocycles. The van der Waals surface area contributed by atoms with Gasteiger partial charge in [-0.25, -0.2) is 4.79 Å². The van der Waals surface area contributed by atoms with Crippen molar-refractivity contribution in [2.75, 3.05) is 31.1 Å². The number of nitriles is 1. The number of hydrogen-bond acceptors (Lipinski definition) is 3. The van der Waals surface area contributed by atoms with Gasteiger partial charge in [-0.3, -0.25) is 0 Å². The number of carbonyl (C=O) groups is 1. The summed E-state index contributed by atoms with van der Waals surface area (Å²) in [6.45, 7) is 3.20. The van der Waals surface area contributed by atoms with E-state index in [1.54, 1.807) is 6.07 Å². The molecule has 0 bridgehead atoms. The van der Waals surface area contributed by atoms with Gasteiger partial charge in [0.1, 0.15) is 0 Å². The van der Waals surface area contributed by atoms with Gasteiger partial charge in [-0.2, -0.15) is 5.26 Å². The molecule has 0 unspecified atom stereocenters. The number of anilines is 1. The van der Waals surface area contributed by atoms with Crippen molar-refractivity contribution in [1.29, 1.82) is 5.26 Å². The molecule has 0 atom stereocenters. The van der Waals surface area contributed by atoms with Crippen molar-refractivity contribution in [3.8, 4) is 6.07 Å². The smallest absolute Gasteiger partial charge is 0.317 e. The number of rotatable bonds is 3. The van der Waals surface area contributed by atoms with Crippen molar-refractivity contribution in [3.05, 3.63) is 64.7 Å². The van der Waals surface area contributed by atoms with E-state index in [1.807, 2.05) is 47.4 Å². The second-order valence-corrected chi connectivity index (χ2v) is 6.29. The van der Waals surface area contributed by atoms with Gasteiger partial charge >= 0.3 is 6.03 Å². The van der Waals surface area contributed by atoms with Crippen molar-refractivity contribution >= 4 is 23.3 Å². The maximum Gasteiger partial charge on any atom is 0.317 e. The average Bonchev–Trinajstić information content (AvgIpc) is 2.67. The maximum atomic E-state index is 12.3. The molecule has 2 aromatic rings. The summed E-state index contributed by atoms with van der Waals surface area (Å²) in [4.78, 5) is 16.3. The first-order chi connectivity index (χ1) is 12.2. The van der Waals surface area contributed by atoms with Crippen LogP contribution < -0.4 is 10.2 Å². The summed E-state index contributed by atoms with van der Waals surface area (Å²) in [7, 11) is 0. The summed E-state index contributed by atoms with van der Waals surface area (Å²) < 4.78 is 0. The topological polar surface area (TPSA) is 59.4 Å². The highest BCUT2D eigenvalue weighted by atomic mass is 35.5. The lowest BCUT2D eigenvalue weighted by Gasteiger charge is -2.36. The molecule has 0 spiro atoms. The molecule has 1 N–H and O–H groups in total. The predicted octanol–water partition coefficient (Wildman–Crippen LogP) is 3.24. The fourth-order valence-corrected chi connectivity index (χ4v) is 3.07. The van der Waals surface area contributed by atoms with Gasteiger partial charge in [0.05, 0.1) is 11.6 Å². The SMILES string of the molecule is N#Cc1cccc(N2CCN(C(=O)NCc3ccccc3Cl)CC2)c1. The van der Waals surface area contributed by atoms with Gasteiger partial charge in [0.15, 0.2) is 0 Å². The Balaban J connectivity index is 1.52. The predicted molar refractivity (Wildman–Crippen MR) is 98.6 cm³/mol. The fraction of sp³-hybridized carbons (Fsp3) is 0.263. The molecule has 6 heteroatoms. The van der Waals surface area contributed by atoms with E-state index in [2.05, 4.69) is 16.3 Å². The Kier molecular flexibility index (Phi) is 5.42. The lowest BCUT2D eigenvalue weighted by molar-refractivity contribution is 0.194. The van der Waals surface area contributed by atoms with E-state index in [4.69, 9.17) is 16.9 Å². The van der Waals surface area contributed by atoms with E-state index >= 15 is 0 Å². The molecule has 0 aliphatic carbocycles. The molecule has 2 amide bonds. The number of urea groups is 1. The van der Waals surface area contributed by atoms with E-state index in [0.717, 1.165) is 24.3 Å². The molecule has 1 fully saturated rings. The molecule has 1 saturated heterocycles. The molecule has 1 aliphatic rings. The zero-order valence-electron chi connectivity index (χ0n) is 13.8. The van der Waals surface area contributed by atoms with Crippen molar-refractivity contribution < 1.29 is 4.79 Å². The minimum absolute atomic E-state index is 0.0784. The number of nitrogens with one attached hydrogen (secondary N) is 1. The van der Waals surface area contributed by atoms with Crippen LogP contribution in [0.4, 0.5) is 10.5 Å². The first kappa shape index (κ1) is 17.1. The van der Waals surface area contributed by atoms with Gasteiger partial charge in [-0.1, -0.05) is 35.9 Å². The van der Waals surface area contributed by atoms with Gasteiger partial charge in [-0.15, -0.1) is 0 Å². The summed E-state index contributed by atoms with van der Waals surface area (Å²) >= 11 is 6.11. The quantitative estimate of drug-likeness (QED) is 0.920. The molecule has 3 rings (SSSR count). The van der Waals surface area contributed by atoms with Crippen molar-refractivity contribution in [3.63, 3.8) is 0 Å². The maximum absolute atomic E-state index is 12.3. The zero-order valence-corrected chi connectivity index (χ0v) is 14.5. The molecule has 128 valence electrons. The van der Waals surface area contributed by atoms with Gasteiger partial charge in [0.25, 0.3) is 0 Å². The summed E-state index contributed by atoms with van der Waals surface area (Å²) in [5.41, 5.74) is 2.58. The number of halogens is 1. The largest absolute Gasteiger partial charge is 0.368 e. The van der Waals surface area contributed by atoms with Crippen LogP contribution >= 0.6 is 11.6 Å². The molecule has 0 saturated carbocycles. The standard InChI is InChI=1S/C19H19ClN4O/c20-18-7-2-1-5-16(18)14-22-19(25)24-10-8-23(9-11-24)17-6-3-4-15(12-17)13-21/h1-7,12H,8-11,14H2,(H,22,25). The monoisotopic (exact) mass is 354 g/mol. The molecular weight excluding hydrogens is 336 g/mol. The van der Waals surface area contributed by atoms with Crippen LogP contribution in [0.5, 0.6) is 0 Å². The molecule has 5 nitrogen and oxygen atoms in total. The van der Waals surface area contributed by atoms with Crippen LogP contribution in [-0.4, -0.2) is 37.1 Å². The number of nitrogens with zero attached hydrogens (tertiary/aromatic N) is 3. The minimum Gasteiger partial charge on any atom is -0.368 e. The highest BCUT2D eigenvalue weighted by Crippen LogP contribution is 2.18. The number of benzene rings is 2. The molecule has 0 radical (unpaired) electrons. The molecule has 1 aliphatic heterocycles. The summed E-state index contributed by atoms with van der Waals surface area (Å²) in [6, 6.07) is 17.1. The number of carbonyl (C=O) groups excluding carboxylic acids is 1. The molecule has 2 aromatic carbocycles. The Labute approximate surface area is 152 Å². The van der Waals surface area contributed by atoms with Gasteiger partial charge < -0.3 is 15.1 Å². The van der Waals surface area contributed by atoms with E-state index in [-0.39, 0.29) is 6.03 Å². The van der Waals surface area contributed by atoms with Crippen LogP contribution in [-0.2, 0) is 6.54 Å². The Morgan fingerprint density at radius 2 is 1.88 bits per heavy atom. The lowest BCUT2D eigenvalue weighted by Crippen LogP contribution is -2.51. The second kappa shape index (κ2) is 7.91. The lowest BCUT2D eigenvalue weighted by atomic mass is 10.2. The first-order valence-corrected chi connectivity index (χ1v) is 8.56. The Morgan fingerprint density at radius 3 is 2.60 bits per heavy atom. The fourth-order valence-electron chi connectivity index (χ4n) is 2.86. The number of piperazine rings is 1. The number of amides is 2. The second-order valence-electron chi connectivity index (χ2n) is 5.89. The zero-order chi connectivity index (χ0) is 17.6. The summed E-state index contributed by atoms with van der Waals surface area (Å²) in [5.74, 6) is 0. The number of hydrogen-bond donors (Lipinski definition) is 1. The Morgan fingerprint density at radius 1 is 1.12 bits per heavy atom. The highest BCUT2D eigenvalue weighted by molar-refractivity contribution is 6.31. The Bertz CT molecular complexity index is 794.